The van der Waals surface area contributed by atoms with Crippen LogP contribution in [0.3, 0.4) is 0 Å². The van der Waals surface area contributed by atoms with Gasteiger partial charge in [0.05, 0.1) is 6.54 Å². The summed E-state index contributed by atoms with van der Waals surface area (Å²) in [5.74, 6) is 1.71. The third-order valence-corrected chi connectivity index (χ3v) is 5.36. The predicted octanol–water partition coefficient (Wildman–Crippen LogP) is 3.03. The van der Waals surface area contributed by atoms with Crippen LogP contribution in [0.1, 0.15) is 40.5 Å². The molecule has 1 aliphatic rings. The third kappa shape index (κ3) is 8.82. The van der Waals surface area contributed by atoms with E-state index in [4.69, 9.17) is 4.99 Å². The first kappa shape index (κ1) is 22.3. The maximum absolute atomic E-state index is 4.74. The molecule has 0 bridgehead atoms. The molecule has 1 unspecified atom stereocenters. The van der Waals surface area contributed by atoms with Crippen molar-refractivity contribution in [2.45, 2.75) is 45.3 Å². The number of nitrogens with zero attached hydrogens (tertiary/aromatic N) is 2. The first-order valence-corrected chi connectivity index (χ1v) is 9.53. The van der Waals surface area contributed by atoms with E-state index in [1.54, 1.807) is 0 Å². The lowest BCUT2D eigenvalue weighted by Crippen LogP contribution is -2.44. The molecule has 0 radical (unpaired) electrons. The van der Waals surface area contributed by atoms with Gasteiger partial charge in [-0.2, -0.15) is 11.8 Å². The monoisotopic (exact) mass is 442 g/mol. The van der Waals surface area contributed by atoms with Gasteiger partial charge in [0, 0.05) is 24.4 Å². The number of aliphatic imine (C=N–C) groups is 1. The van der Waals surface area contributed by atoms with Crippen LogP contribution in [0.25, 0.3) is 0 Å². The molecule has 22 heavy (non-hydrogen) atoms. The maximum Gasteiger partial charge on any atom is 0.191 e. The van der Waals surface area contributed by atoms with Crippen LogP contribution in [0.2, 0.25) is 0 Å². The molecule has 6 heteroatoms. The molecule has 132 valence electrons. The zero-order chi connectivity index (χ0) is 15.7. The fourth-order valence-electron chi connectivity index (χ4n) is 2.52. The molecule has 1 saturated heterocycles. The summed E-state index contributed by atoms with van der Waals surface area (Å²) in [5, 5.41) is 6.89. The van der Waals surface area contributed by atoms with E-state index in [9.17, 15) is 0 Å². The van der Waals surface area contributed by atoms with Crippen LogP contribution >= 0.6 is 35.7 Å². The Bertz CT molecular complexity index is 323. The van der Waals surface area contributed by atoms with Crippen molar-refractivity contribution in [2.24, 2.45) is 10.9 Å². The number of halogens is 1. The molecule has 0 aromatic heterocycles. The number of likely N-dealkylation sites (tertiary alicyclic amines) is 1. The van der Waals surface area contributed by atoms with Gasteiger partial charge in [0.2, 0.25) is 0 Å². The largest absolute Gasteiger partial charge is 0.357 e. The zero-order valence-corrected chi connectivity index (χ0v) is 18.1. The van der Waals surface area contributed by atoms with E-state index in [1.165, 1.54) is 32.5 Å². The second-order valence-corrected chi connectivity index (χ2v) is 7.95. The highest BCUT2D eigenvalue weighted by Crippen LogP contribution is 2.21. The van der Waals surface area contributed by atoms with E-state index in [-0.39, 0.29) is 28.7 Å². The number of piperidine rings is 1. The van der Waals surface area contributed by atoms with Crippen LogP contribution in [0.15, 0.2) is 4.99 Å². The molecule has 1 aliphatic heterocycles. The standard InChI is InChI=1S/C16H34N4S.HI/c1-6-17-15(19-13-16(3,4)21-5)18-11-14-9-8-10-20(7-2)12-14;/h14H,6-13H2,1-5H3,(H2,17,18,19);1H. The van der Waals surface area contributed by atoms with Crippen molar-refractivity contribution in [3.05, 3.63) is 0 Å². The van der Waals surface area contributed by atoms with Crippen molar-refractivity contribution in [1.82, 2.24) is 15.5 Å². The molecule has 1 fully saturated rings. The molecule has 1 heterocycles. The summed E-state index contributed by atoms with van der Waals surface area (Å²) in [4.78, 5) is 7.29. The minimum Gasteiger partial charge on any atom is -0.357 e. The second kappa shape index (κ2) is 11.8. The van der Waals surface area contributed by atoms with Crippen molar-refractivity contribution in [2.75, 3.05) is 45.5 Å². The van der Waals surface area contributed by atoms with Gasteiger partial charge < -0.3 is 15.5 Å². The lowest BCUT2D eigenvalue weighted by atomic mass is 9.98. The van der Waals surface area contributed by atoms with Crippen molar-refractivity contribution in [1.29, 1.82) is 0 Å². The zero-order valence-electron chi connectivity index (χ0n) is 14.9. The molecule has 0 amide bonds. The lowest BCUT2D eigenvalue weighted by molar-refractivity contribution is 0.183. The summed E-state index contributed by atoms with van der Waals surface area (Å²) >= 11 is 1.87. The maximum atomic E-state index is 4.74. The minimum absolute atomic E-state index is 0. The van der Waals surface area contributed by atoms with Crippen molar-refractivity contribution >= 4 is 41.7 Å². The minimum atomic E-state index is 0. The Hall–Kier alpha value is 0.310. The highest BCUT2D eigenvalue weighted by atomic mass is 127. The average Bonchev–Trinajstić information content (AvgIpc) is 2.50. The Morgan fingerprint density at radius 2 is 2.05 bits per heavy atom. The quantitative estimate of drug-likeness (QED) is 0.361. The Morgan fingerprint density at radius 1 is 1.32 bits per heavy atom. The van der Waals surface area contributed by atoms with Gasteiger partial charge in [-0.25, -0.2) is 0 Å². The molecule has 4 nitrogen and oxygen atoms in total. The van der Waals surface area contributed by atoms with Gasteiger partial charge in [0.25, 0.3) is 0 Å². The summed E-state index contributed by atoms with van der Waals surface area (Å²) in [6.07, 6.45) is 4.81. The lowest BCUT2D eigenvalue weighted by Gasteiger charge is -2.32. The fraction of sp³-hybridized carbons (Fsp3) is 0.938. The number of hydrogen-bond donors (Lipinski definition) is 2. The number of rotatable bonds is 7. The van der Waals surface area contributed by atoms with Gasteiger partial charge in [-0.15, -0.1) is 24.0 Å². The summed E-state index contributed by atoms with van der Waals surface area (Å²) in [7, 11) is 0. The smallest absolute Gasteiger partial charge is 0.191 e. The molecule has 1 atom stereocenters. The molecule has 0 aromatic carbocycles. The van der Waals surface area contributed by atoms with E-state index in [0.29, 0.717) is 0 Å². The number of hydrogen-bond acceptors (Lipinski definition) is 3. The molecule has 0 aliphatic carbocycles. The third-order valence-electron chi connectivity index (χ3n) is 4.12. The SMILES string of the molecule is CCNC(=NCC(C)(C)SC)NCC1CCCN(CC)C1.I. The van der Waals surface area contributed by atoms with Crippen molar-refractivity contribution in [3.8, 4) is 0 Å². The van der Waals surface area contributed by atoms with Gasteiger partial charge in [-0.3, -0.25) is 4.99 Å². The van der Waals surface area contributed by atoms with Crippen LogP contribution in [-0.2, 0) is 0 Å². The van der Waals surface area contributed by atoms with Crippen LogP contribution < -0.4 is 10.6 Å². The van der Waals surface area contributed by atoms with E-state index >= 15 is 0 Å². The molecule has 0 saturated carbocycles. The van der Waals surface area contributed by atoms with Gasteiger partial charge in [0.1, 0.15) is 0 Å². The molecular weight excluding hydrogens is 407 g/mol. The first-order chi connectivity index (χ1) is 10.0. The van der Waals surface area contributed by atoms with Crippen LogP contribution in [0.4, 0.5) is 0 Å². The highest BCUT2D eigenvalue weighted by Gasteiger charge is 2.19. The van der Waals surface area contributed by atoms with E-state index in [0.717, 1.165) is 31.5 Å². The summed E-state index contributed by atoms with van der Waals surface area (Å²) < 4.78 is 0.201. The first-order valence-electron chi connectivity index (χ1n) is 8.30. The van der Waals surface area contributed by atoms with Gasteiger partial charge in [0.15, 0.2) is 5.96 Å². The Balaban J connectivity index is 0.00000441. The van der Waals surface area contributed by atoms with Gasteiger partial charge in [-0.05, 0) is 58.9 Å². The summed E-state index contributed by atoms with van der Waals surface area (Å²) in [6.45, 7) is 15.3. The topological polar surface area (TPSA) is 39.7 Å². The second-order valence-electron chi connectivity index (χ2n) is 6.44. The molecule has 0 spiro atoms. The fourth-order valence-corrected chi connectivity index (χ4v) is 2.72. The van der Waals surface area contributed by atoms with Gasteiger partial charge >= 0.3 is 0 Å². The van der Waals surface area contributed by atoms with E-state index in [1.807, 2.05) is 11.8 Å². The summed E-state index contributed by atoms with van der Waals surface area (Å²) in [6, 6.07) is 0. The van der Waals surface area contributed by atoms with Crippen molar-refractivity contribution in [3.63, 3.8) is 0 Å². The average molecular weight is 442 g/mol. The van der Waals surface area contributed by atoms with Crippen LogP contribution in [0, 0.1) is 5.92 Å². The van der Waals surface area contributed by atoms with Crippen LogP contribution in [-0.4, -0.2) is 61.1 Å². The van der Waals surface area contributed by atoms with Crippen LogP contribution in [0.5, 0.6) is 0 Å². The predicted molar refractivity (Wildman–Crippen MR) is 112 cm³/mol. The van der Waals surface area contributed by atoms with E-state index in [2.05, 4.69) is 49.5 Å². The van der Waals surface area contributed by atoms with E-state index < -0.39 is 0 Å². The normalized spacial score (nSPS) is 20.4. The molecular formula is C16H35IN4S. The number of guanidine groups is 1. The number of thioether (sulfide) groups is 1. The molecule has 2 N–H and O–H groups in total. The highest BCUT2D eigenvalue weighted by molar-refractivity contribution is 14.0. The number of nitrogens with one attached hydrogen (secondary N) is 2. The molecule has 1 rings (SSSR count). The van der Waals surface area contributed by atoms with Crippen molar-refractivity contribution < 1.29 is 0 Å². The Labute approximate surface area is 158 Å². The molecule has 0 aromatic rings. The summed E-state index contributed by atoms with van der Waals surface area (Å²) in [5.41, 5.74) is 0. The van der Waals surface area contributed by atoms with Gasteiger partial charge in [-0.1, -0.05) is 6.92 Å². The Morgan fingerprint density at radius 3 is 2.64 bits per heavy atom. The Kier molecular flexibility index (Phi) is 12.0.